The summed E-state index contributed by atoms with van der Waals surface area (Å²) in [6.45, 7) is 3.36. The molecule has 35 heavy (non-hydrogen) atoms. The van der Waals surface area contributed by atoms with E-state index in [0.717, 1.165) is 23.4 Å². The molecule has 0 aliphatic carbocycles. The number of carbonyl (C=O) groups excluding carboxylic acids is 2. The first-order valence-electron chi connectivity index (χ1n) is 12.0. The zero-order valence-electron chi connectivity index (χ0n) is 19.7. The van der Waals surface area contributed by atoms with E-state index >= 15 is 0 Å². The van der Waals surface area contributed by atoms with Crippen molar-refractivity contribution >= 4 is 23.2 Å². The molecule has 2 aliphatic heterocycles. The van der Waals surface area contributed by atoms with Gasteiger partial charge < -0.3 is 19.7 Å². The highest BCUT2D eigenvalue weighted by Crippen LogP contribution is 2.40. The van der Waals surface area contributed by atoms with E-state index in [-0.39, 0.29) is 24.4 Å². The number of hydrogen-bond acceptors (Lipinski definition) is 5. The Balaban J connectivity index is 1.45. The zero-order chi connectivity index (χ0) is 24.2. The third kappa shape index (κ3) is 4.67. The predicted octanol–water partition coefficient (Wildman–Crippen LogP) is 3.95. The Morgan fingerprint density at radius 2 is 1.60 bits per heavy atom. The molecule has 0 fully saturated rings. The number of nitrogens with zero attached hydrogens (tertiary/aromatic N) is 2. The number of amides is 2. The molecule has 0 saturated carbocycles. The van der Waals surface area contributed by atoms with Crippen LogP contribution in [-0.2, 0) is 9.59 Å². The van der Waals surface area contributed by atoms with Crippen molar-refractivity contribution in [1.29, 1.82) is 0 Å². The molecule has 1 N–H and O–H groups in total. The number of para-hydroxylation sites is 4. The number of carbonyl (C=O) groups is 2. The Hall–Kier alpha value is -4.00. The molecule has 2 aliphatic rings. The number of benzene rings is 3. The monoisotopic (exact) mass is 471 g/mol. The van der Waals surface area contributed by atoms with Crippen LogP contribution in [0, 0.1) is 0 Å². The van der Waals surface area contributed by atoms with Crippen molar-refractivity contribution < 1.29 is 19.1 Å². The fourth-order valence-corrected chi connectivity index (χ4v) is 4.61. The minimum absolute atomic E-state index is 0.0703. The van der Waals surface area contributed by atoms with Gasteiger partial charge in [-0.25, -0.2) is 0 Å². The second-order valence-corrected chi connectivity index (χ2v) is 8.71. The van der Waals surface area contributed by atoms with Crippen molar-refractivity contribution in [2.24, 2.45) is 0 Å². The average molecular weight is 472 g/mol. The van der Waals surface area contributed by atoms with Gasteiger partial charge in [0.15, 0.2) is 6.10 Å². The molecule has 7 heteroatoms. The van der Waals surface area contributed by atoms with Crippen molar-refractivity contribution in [1.82, 2.24) is 5.32 Å². The number of ether oxygens (including phenoxy) is 2. The van der Waals surface area contributed by atoms with E-state index in [1.807, 2.05) is 95.6 Å². The Kier molecular flexibility index (Phi) is 6.57. The Labute approximate surface area is 205 Å². The third-order valence-corrected chi connectivity index (χ3v) is 6.32. The van der Waals surface area contributed by atoms with Gasteiger partial charge in [0.2, 0.25) is 5.91 Å². The third-order valence-electron chi connectivity index (χ3n) is 6.32. The van der Waals surface area contributed by atoms with Gasteiger partial charge in [-0.1, -0.05) is 61.5 Å². The Bertz CT molecular complexity index is 1200. The maximum Gasteiger partial charge on any atom is 0.262 e. The van der Waals surface area contributed by atoms with Crippen LogP contribution in [-0.4, -0.2) is 44.2 Å². The SMILES string of the molecule is CCCNC(=O)[C@@H]1CN(CC(=O)N2c3ccccc3OC[C@@H]2c2ccccc2)c2ccccc2O1. The van der Waals surface area contributed by atoms with Gasteiger partial charge in [0.25, 0.3) is 5.91 Å². The maximum atomic E-state index is 14.0. The number of rotatable bonds is 6. The van der Waals surface area contributed by atoms with Gasteiger partial charge in [0.1, 0.15) is 18.1 Å². The molecule has 180 valence electrons. The summed E-state index contributed by atoms with van der Waals surface area (Å²) in [4.78, 5) is 30.5. The standard InChI is InChI=1S/C28H29N3O4/c1-2-16-29-28(33)26-17-30(21-12-6-9-15-25(21)35-26)18-27(32)31-22-13-7-8-14-24(22)34-19-23(31)20-10-4-3-5-11-20/h3-15,23,26H,2,16-19H2,1H3,(H,29,33)/t23-,26+/m1/s1. The quantitative estimate of drug-likeness (QED) is 0.590. The fourth-order valence-electron chi connectivity index (χ4n) is 4.61. The highest BCUT2D eigenvalue weighted by molar-refractivity contribution is 5.99. The summed E-state index contributed by atoms with van der Waals surface area (Å²) >= 11 is 0. The summed E-state index contributed by atoms with van der Waals surface area (Å²) in [5, 5.41) is 2.91. The van der Waals surface area contributed by atoms with Crippen LogP contribution in [0.2, 0.25) is 0 Å². The maximum absolute atomic E-state index is 14.0. The highest BCUT2D eigenvalue weighted by atomic mass is 16.5. The number of hydrogen-bond donors (Lipinski definition) is 1. The second-order valence-electron chi connectivity index (χ2n) is 8.71. The summed E-state index contributed by atoms with van der Waals surface area (Å²) in [6.07, 6.45) is 0.153. The topological polar surface area (TPSA) is 71.1 Å². The van der Waals surface area contributed by atoms with Crippen molar-refractivity contribution in [2.45, 2.75) is 25.5 Å². The van der Waals surface area contributed by atoms with E-state index < -0.39 is 6.10 Å². The molecule has 2 atom stereocenters. The van der Waals surface area contributed by atoms with E-state index in [1.165, 1.54) is 0 Å². The van der Waals surface area contributed by atoms with Gasteiger partial charge >= 0.3 is 0 Å². The molecule has 0 bridgehead atoms. The van der Waals surface area contributed by atoms with Gasteiger partial charge in [0.05, 0.1) is 30.5 Å². The van der Waals surface area contributed by atoms with Crippen LogP contribution in [0.4, 0.5) is 11.4 Å². The number of fused-ring (bicyclic) bond motifs is 2. The molecule has 0 spiro atoms. The van der Waals surface area contributed by atoms with E-state index in [4.69, 9.17) is 9.47 Å². The Morgan fingerprint density at radius 1 is 0.914 bits per heavy atom. The van der Waals surface area contributed by atoms with Crippen LogP contribution >= 0.6 is 0 Å². The lowest BCUT2D eigenvalue weighted by Crippen LogP contribution is -2.52. The first-order chi connectivity index (χ1) is 17.2. The first kappa shape index (κ1) is 22.8. The van der Waals surface area contributed by atoms with Crippen LogP contribution in [0.15, 0.2) is 78.9 Å². The second kappa shape index (κ2) is 10.1. The molecule has 2 amide bonds. The van der Waals surface area contributed by atoms with E-state index in [9.17, 15) is 9.59 Å². The fraction of sp³-hybridized carbons (Fsp3) is 0.286. The van der Waals surface area contributed by atoms with E-state index in [0.29, 0.717) is 31.2 Å². The summed E-state index contributed by atoms with van der Waals surface area (Å²) in [5.74, 6) is 1.05. The summed E-state index contributed by atoms with van der Waals surface area (Å²) in [6, 6.07) is 24.8. The van der Waals surface area contributed by atoms with E-state index in [1.54, 1.807) is 0 Å². The molecule has 0 radical (unpaired) electrons. The molecule has 0 unspecified atom stereocenters. The van der Waals surface area contributed by atoms with Gasteiger partial charge in [0, 0.05) is 6.54 Å². The van der Waals surface area contributed by atoms with Crippen molar-refractivity contribution in [3.05, 3.63) is 84.4 Å². The average Bonchev–Trinajstić information content (AvgIpc) is 2.91. The lowest BCUT2D eigenvalue weighted by atomic mass is 10.0. The molecule has 2 heterocycles. The molecule has 0 saturated heterocycles. The summed E-state index contributed by atoms with van der Waals surface area (Å²) in [5.41, 5.74) is 2.56. The van der Waals surface area contributed by atoms with Crippen LogP contribution in [0.25, 0.3) is 0 Å². The summed E-state index contributed by atoms with van der Waals surface area (Å²) < 4.78 is 12.0. The van der Waals surface area contributed by atoms with Crippen molar-refractivity contribution in [3.8, 4) is 11.5 Å². The largest absolute Gasteiger partial charge is 0.489 e. The van der Waals surface area contributed by atoms with Gasteiger partial charge in [-0.15, -0.1) is 0 Å². The lowest BCUT2D eigenvalue weighted by molar-refractivity contribution is -0.128. The smallest absolute Gasteiger partial charge is 0.262 e. The van der Waals surface area contributed by atoms with Crippen molar-refractivity contribution in [3.63, 3.8) is 0 Å². The van der Waals surface area contributed by atoms with Crippen LogP contribution < -0.4 is 24.6 Å². The van der Waals surface area contributed by atoms with Crippen LogP contribution in [0.3, 0.4) is 0 Å². The van der Waals surface area contributed by atoms with Crippen LogP contribution in [0.1, 0.15) is 24.9 Å². The molecular formula is C28H29N3O4. The minimum Gasteiger partial charge on any atom is -0.489 e. The molecule has 3 aromatic carbocycles. The normalized spacial score (nSPS) is 18.5. The molecule has 3 aromatic rings. The predicted molar refractivity (Wildman–Crippen MR) is 135 cm³/mol. The number of nitrogens with one attached hydrogen (secondary N) is 1. The molecule has 7 nitrogen and oxygen atoms in total. The lowest BCUT2D eigenvalue weighted by Gasteiger charge is -2.40. The number of anilines is 2. The zero-order valence-corrected chi connectivity index (χ0v) is 19.7. The van der Waals surface area contributed by atoms with E-state index in [2.05, 4.69) is 5.32 Å². The first-order valence-corrected chi connectivity index (χ1v) is 12.0. The van der Waals surface area contributed by atoms with Crippen LogP contribution in [0.5, 0.6) is 11.5 Å². The van der Waals surface area contributed by atoms with Crippen molar-refractivity contribution in [2.75, 3.05) is 36.0 Å². The van der Waals surface area contributed by atoms with Gasteiger partial charge in [-0.05, 0) is 36.2 Å². The molecule has 0 aromatic heterocycles. The Morgan fingerprint density at radius 3 is 2.37 bits per heavy atom. The summed E-state index contributed by atoms with van der Waals surface area (Å²) in [7, 11) is 0. The molecule has 5 rings (SSSR count). The molecular weight excluding hydrogens is 442 g/mol. The minimum atomic E-state index is -0.689. The van der Waals surface area contributed by atoms with Gasteiger partial charge in [-0.2, -0.15) is 0 Å². The highest BCUT2D eigenvalue weighted by Gasteiger charge is 2.36. The van der Waals surface area contributed by atoms with Gasteiger partial charge in [-0.3, -0.25) is 14.5 Å².